The minimum atomic E-state index is -3.53. The van der Waals surface area contributed by atoms with Crippen molar-refractivity contribution in [2.75, 3.05) is 7.05 Å². The van der Waals surface area contributed by atoms with Crippen LogP contribution in [-0.4, -0.2) is 15.5 Å². The summed E-state index contributed by atoms with van der Waals surface area (Å²) >= 11 is 5.82. The summed E-state index contributed by atoms with van der Waals surface area (Å²) in [5, 5.41) is 0.634. The van der Waals surface area contributed by atoms with Crippen LogP contribution in [-0.2, 0) is 10.0 Å². The Morgan fingerprint density at radius 3 is 2.33 bits per heavy atom. The van der Waals surface area contributed by atoms with Gasteiger partial charge in [0, 0.05) is 16.1 Å². The first-order valence-corrected chi connectivity index (χ1v) is 8.10. The van der Waals surface area contributed by atoms with Crippen molar-refractivity contribution >= 4 is 21.6 Å². The Kier molecular flexibility index (Phi) is 4.69. The molecule has 0 bridgehead atoms. The molecule has 108 valence electrons. The van der Waals surface area contributed by atoms with Crippen LogP contribution >= 0.6 is 11.6 Å². The number of sulfonamides is 1. The van der Waals surface area contributed by atoms with Gasteiger partial charge >= 0.3 is 0 Å². The van der Waals surface area contributed by atoms with E-state index < -0.39 is 10.0 Å². The van der Waals surface area contributed by atoms with E-state index in [-0.39, 0.29) is 4.90 Å². The molecule has 5 heteroatoms. The van der Waals surface area contributed by atoms with Crippen molar-refractivity contribution in [2.24, 2.45) is 0 Å². The smallest absolute Gasteiger partial charge is 0.214 e. The second-order valence-corrected chi connectivity index (χ2v) is 6.76. The van der Waals surface area contributed by atoms with Crippen LogP contribution in [0, 0.1) is 18.8 Å². The molecule has 3 nitrogen and oxygen atoms in total. The van der Waals surface area contributed by atoms with Crippen molar-refractivity contribution in [3.63, 3.8) is 0 Å². The molecular weight excluding hydrogens is 306 g/mol. The summed E-state index contributed by atoms with van der Waals surface area (Å²) < 4.78 is 26.3. The van der Waals surface area contributed by atoms with Crippen LogP contribution in [0.5, 0.6) is 0 Å². The first-order valence-electron chi connectivity index (χ1n) is 6.24. The van der Waals surface area contributed by atoms with Crippen LogP contribution in [0.15, 0.2) is 47.4 Å². The quantitative estimate of drug-likeness (QED) is 0.865. The number of halogens is 1. The molecule has 0 saturated carbocycles. The molecule has 0 aromatic heterocycles. The van der Waals surface area contributed by atoms with Crippen LogP contribution in [0.2, 0.25) is 5.02 Å². The Morgan fingerprint density at radius 2 is 1.71 bits per heavy atom. The SMILES string of the molecule is CNS(=O)(=O)c1ccc(C)cc1C#Cc1ccc(Cl)cc1. The summed E-state index contributed by atoms with van der Waals surface area (Å²) in [6, 6.07) is 12.1. The fourth-order valence-electron chi connectivity index (χ4n) is 1.76. The summed E-state index contributed by atoms with van der Waals surface area (Å²) in [4.78, 5) is 0.178. The van der Waals surface area contributed by atoms with Gasteiger partial charge in [-0.05, 0) is 55.9 Å². The van der Waals surface area contributed by atoms with Crippen molar-refractivity contribution in [2.45, 2.75) is 11.8 Å². The summed E-state index contributed by atoms with van der Waals surface area (Å²) in [7, 11) is -2.15. The van der Waals surface area contributed by atoms with Gasteiger partial charge in [-0.3, -0.25) is 0 Å². The van der Waals surface area contributed by atoms with Crippen LogP contribution < -0.4 is 4.72 Å². The molecule has 0 unspecified atom stereocenters. The molecule has 0 aliphatic heterocycles. The van der Waals surface area contributed by atoms with Gasteiger partial charge in [0.05, 0.1) is 4.90 Å². The number of nitrogens with one attached hydrogen (secondary N) is 1. The van der Waals surface area contributed by atoms with E-state index in [4.69, 9.17) is 11.6 Å². The van der Waals surface area contributed by atoms with Crippen LogP contribution in [0.1, 0.15) is 16.7 Å². The Labute approximate surface area is 130 Å². The topological polar surface area (TPSA) is 46.2 Å². The van der Waals surface area contributed by atoms with Gasteiger partial charge in [-0.25, -0.2) is 13.1 Å². The van der Waals surface area contributed by atoms with E-state index in [2.05, 4.69) is 16.6 Å². The molecular formula is C16H14ClNO2S. The normalized spacial score (nSPS) is 10.8. The molecule has 2 aromatic carbocycles. The molecule has 21 heavy (non-hydrogen) atoms. The molecule has 0 amide bonds. The lowest BCUT2D eigenvalue weighted by atomic mass is 10.1. The zero-order chi connectivity index (χ0) is 15.5. The summed E-state index contributed by atoms with van der Waals surface area (Å²) in [5.41, 5.74) is 2.19. The van der Waals surface area contributed by atoms with Crippen molar-refractivity contribution in [3.8, 4) is 11.8 Å². The second-order valence-electron chi connectivity index (χ2n) is 4.46. The molecule has 0 atom stereocenters. The number of hydrogen-bond donors (Lipinski definition) is 1. The van der Waals surface area contributed by atoms with E-state index in [1.165, 1.54) is 7.05 Å². The minimum absolute atomic E-state index is 0.178. The van der Waals surface area contributed by atoms with E-state index in [9.17, 15) is 8.42 Å². The van der Waals surface area contributed by atoms with Crippen molar-refractivity contribution < 1.29 is 8.42 Å². The number of hydrogen-bond acceptors (Lipinski definition) is 2. The van der Waals surface area contributed by atoms with Crippen LogP contribution in [0.3, 0.4) is 0 Å². The van der Waals surface area contributed by atoms with Gasteiger partial charge in [-0.1, -0.05) is 29.5 Å². The van der Waals surface area contributed by atoms with E-state index >= 15 is 0 Å². The molecule has 0 aliphatic carbocycles. The molecule has 0 radical (unpaired) electrons. The minimum Gasteiger partial charge on any atom is -0.214 e. The lowest BCUT2D eigenvalue weighted by molar-refractivity contribution is 0.588. The highest BCUT2D eigenvalue weighted by molar-refractivity contribution is 7.89. The molecule has 0 aliphatic rings. The van der Waals surface area contributed by atoms with Gasteiger partial charge in [0.15, 0.2) is 0 Å². The van der Waals surface area contributed by atoms with Crippen LogP contribution in [0.4, 0.5) is 0 Å². The monoisotopic (exact) mass is 319 g/mol. The highest BCUT2D eigenvalue weighted by atomic mass is 35.5. The maximum absolute atomic E-state index is 12.0. The fraction of sp³-hybridized carbons (Fsp3) is 0.125. The number of benzene rings is 2. The fourth-order valence-corrected chi connectivity index (χ4v) is 2.75. The molecule has 0 heterocycles. The van der Waals surface area contributed by atoms with Crippen molar-refractivity contribution in [1.29, 1.82) is 0 Å². The number of aryl methyl sites for hydroxylation is 1. The van der Waals surface area contributed by atoms with Gasteiger partial charge in [0.2, 0.25) is 10.0 Å². The largest absolute Gasteiger partial charge is 0.241 e. The van der Waals surface area contributed by atoms with E-state index in [0.29, 0.717) is 10.6 Å². The zero-order valence-corrected chi connectivity index (χ0v) is 13.2. The summed E-state index contributed by atoms with van der Waals surface area (Å²) in [6.07, 6.45) is 0. The van der Waals surface area contributed by atoms with Crippen LogP contribution in [0.25, 0.3) is 0 Å². The summed E-state index contributed by atoms with van der Waals surface area (Å²) in [5.74, 6) is 5.87. The maximum atomic E-state index is 12.0. The third-order valence-corrected chi connectivity index (χ3v) is 4.60. The molecule has 2 aromatic rings. The second kappa shape index (κ2) is 6.31. The molecule has 0 saturated heterocycles. The highest BCUT2D eigenvalue weighted by Crippen LogP contribution is 2.16. The van der Waals surface area contributed by atoms with E-state index in [0.717, 1.165) is 11.1 Å². The van der Waals surface area contributed by atoms with E-state index in [1.54, 1.807) is 42.5 Å². The predicted molar refractivity (Wildman–Crippen MR) is 84.9 cm³/mol. The Bertz CT molecular complexity index is 816. The predicted octanol–water partition coefficient (Wildman–Crippen LogP) is 2.96. The zero-order valence-electron chi connectivity index (χ0n) is 11.6. The van der Waals surface area contributed by atoms with Gasteiger partial charge < -0.3 is 0 Å². The average Bonchev–Trinajstić information content (AvgIpc) is 2.46. The van der Waals surface area contributed by atoms with Crippen molar-refractivity contribution in [3.05, 3.63) is 64.2 Å². The number of rotatable bonds is 2. The standard InChI is InChI=1S/C16H14ClNO2S/c1-12-3-10-16(21(19,20)18-2)14(11-12)7-4-13-5-8-15(17)9-6-13/h3,5-6,8-11,18H,1-2H3. The maximum Gasteiger partial charge on any atom is 0.241 e. The molecule has 1 N–H and O–H groups in total. The summed E-state index contributed by atoms with van der Waals surface area (Å²) in [6.45, 7) is 1.89. The van der Waals surface area contributed by atoms with Gasteiger partial charge in [-0.15, -0.1) is 0 Å². The lowest BCUT2D eigenvalue weighted by Crippen LogP contribution is -2.19. The third kappa shape index (κ3) is 3.85. The molecule has 0 fully saturated rings. The van der Waals surface area contributed by atoms with Crippen molar-refractivity contribution in [1.82, 2.24) is 4.72 Å². The first kappa shape index (κ1) is 15.6. The van der Waals surface area contributed by atoms with Gasteiger partial charge in [0.25, 0.3) is 0 Å². The Balaban J connectivity index is 2.50. The Morgan fingerprint density at radius 1 is 1.05 bits per heavy atom. The third-order valence-electron chi connectivity index (χ3n) is 2.88. The highest BCUT2D eigenvalue weighted by Gasteiger charge is 2.15. The van der Waals surface area contributed by atoms with Gasteiger partial charge in [-0.2, -0.15) is 0 Å². The first-order chi connectivity index (χ1) is 9.92. The Hall–Kier alpha value is -1.80. The van der Waals surface area contributed by atoms with E-state index in [1.807, 2.05) is 6.92 Å². The lowest BCUT2D eigenvalue weighted by Gasteiger charge is -2.06. The average molecular weight is 320 g/mol. The van der Waals surface area contributed by atoms with Gasteiger partial charge in [0.1, 0.15) is 0 Å². The molecule has 0 spiro atoms. The molecule has 2 rings (SSSR count).